The van der Waals surface area contributed by atoms with Crippen LogP contribution in [0.1, 0.15) is 24.6 Å². The molecule has 0 N–H and O–H groups in total. The van der Waals surface area contributed by atoms with Gasteiger partial charge in [0.05, 0.1) is 6.54 Å². The van der Waals surface area contributed by atoms with E-state index in [1.54, 1.807) is 29.6 Å². The summed E-state index contributed by atoms with van der Waals surface area (Å²) in [7, 11) is 3.57. The molecule has 28 heavy (non-hydrogen) atoms. The summed E-state index contributed by atoms with van der Waals surface area (Å²) in [5.74, 6) is 1.02. The summed E-state index contributed by atoms with van der Waals surface area (Å²) >= 11 is 0. The number of likely N-dealkylation sites (tertiary alicyclic amines) is 1. The molecule has 1 saturated heterocycles. The molecule has 3 aromatic rings. The molecule has 0 bridgehead atoms. The maximum absolute atomic E-state index is 13.5. The Balaban J connectivity index is 1.47. The van der Waals surface area contributed by atoms with Crippen LogP contribution in [0, 0.1) is 5.82 Å². The van der Waals surface area contributed by atoms with Crippen molar-refractivity contribution in [2.75, 3.05) is 33.7 Å². The van der Waals surface area contributed by atoms with Crippen LogP contribution in [0.2, 0.25) is 0 Å². The van der Waals surface area contributed by atoms with Gasteiger partial charge in [0.2, 0.25) is 5.91 Å². The number of aromatic nitrogens is 3. The maximum atomic E-state index is 13.5. The third-order valence-corrected chi connectivity index (χ3v) is 5.32. The molecule has 1 aliphatic heterocycles. The van der Waals surface area contributed by atoms with E-state index in [2.05, 4.69) is 15.0 Å². The summed E-state index contributed by atoms with van der Waals surface area (Å²) in [5, 5.41) is 4.68. The van der Waals surface area contributed by atoms with Crippen LogP contribution in [0.15, 0.2) is 42.6 Å². The Hall–Kier alpha value is -2.80. The van der Waals surface area contributed by atoms with Crippen LogP contribution < -0.4 is 0 Å². The van der Waals surface area contributed by atoms with E-state index in [-0.39, 0.29) is 11.7 Å². The molecule has 1 fully saturated rings. The number of likely N-dealkylation sites (N-methyl/N-ethyl adjacent to an activating group) is 1. The van der Waals surface area contributed by atoms with Crippen LogP contribution >= 0.6 is 0 Å². The first-order valence-corrected chi connectivity index (χ1v) is 9.54. The van der Waals surface area contributed by atoms with Crippen molar-refractivity contribution in [2.24, 2.45) is 0 Å². The van der Waals surface area contributed by atoms with E-state index in [1.165, 1.54) is 12.1 Å². The monoisotopic (exact) mass is 381 g/mol. The zero-order valence-electron chi connectivity index (χ0n) is 16.2. The molecular weight excluding hydrogens is 357 g/mol. The van der Waals surface area contributed by atoms with E-state index in [9.17, 15) is 9.18 Å². The van der Waals surface area contributed by atoms with Gasteiger partial charge in [-0.2, -0.15) is 5.10 Å². The molecule has 2 aromatic heterocycles. The molecule has 6 nitrogen and oxygen atoms in total. The molecule has 146 valence electrons. The zero-order chi connectivity index (χ0) is 19.7. The van der Waals surface area contributed by atoms with E-state index >= 15 is 0 Å². The Morgan fingerprint density at radius 3 is 2.68 bits per heavy atom. The first-order chi connectivity index (χ1) is 13.5. The Labute approximate surface area is 163 Å². The number of hydrogen-bond donors (Lipinski definition) is 0. The van der Waals surface area contributed by atoms with Gasteiger partial charge in [0.1, 0.15) is 5.82 Å². The fraction of sp³-hybridized carbons (Fsp3) is 0.381. The number of carbonyl (C=O) groups excluding carboxylic acids is 1. The quantitative estimate of drug-likeness (QED) is 0.697. The maximum Gasteiger partial charge on any atom is 0.236 e. The number of piperidine rings is 1. The Bertz CT molecular complexity index is 991. The van der Waals surface area contributed by atoms with E-state index in [1.807, 2.05) is 24.4 Å². The van der Waals surface area contributed by atoms with Crippen molar-refractivity contribution in [3.05, 3.63) is 54.2 Å². The number of benzene rings is 1. The second-order valence-electron chi connectivity index (χ2n) is 7.54. The van der Waals surface area contributed by atoms with Crippen molar-refractivity contribution in [2.45, 2.75) is 18.8 Å². The summed E-state index contributed by atoms with van der Waals surface area (Å²) in [6.07, 6.45) is 3.77. The summed E-state index contributed by atoms with van der Waals surface area (Å²) < 4.78 is 15.3. The van der Waals surface area contributed by atoms with E-state index in [0.717, 1.165) is 48.5 Å². The smallest absolute Gasteiger partial charge is 0.236 e. The molecule has 1 amide bonds. The van der Waals surface area contributed by atoms with E-state index in [0.29, 0.717) is 12.5 Å². The molecule has 0 radical (unpaired) electrons. The average Bonchev–Trinajstić information content (AvgIpc) is 3.11. The molecule has 0 aliphatic carbocycles. The normalized spacial score (nSPS) is 15.8. The van der Waals surface area contributed by atoms with Gasteiger partial charge in [-0.15, -0.1) is 0 Å². The Morgan fingerprint density at radius 1 is 1.18 bits per heavy atom. The van der Waals surface area contributed by atoms with Crippen molar-refractivity contribution in [1.82, 2.24) is 24.4 Å². The molecule has 4 rings (SSSR count). The van der Waals surface area contributed by atoms with E-state index in [4.69, 9.17) is 0 Å². The minimum atomic E-state index is -0.253. The number of hydrogen-bond acceptors (Lipinski definition) is 4. The number of fused-ring (bicyclic) bond motifs is 1. The van der Waals surface area contributed by atoms with Crippen molar-refractivity contribution in [3.8, 4) is 11.1 Å². The lowest BCUT2D eigenvalue weighted by Crippen LogP contribution is -2.40. The lowest BCUT2D eigenvalue weighted by molar-refractivity contribution is -0.130. The summed E-state index contributed by atoms with van der Waals surface area (Å²) in [4.78, 5) is 20.4. The second kappa shape index (κ2) is 7.67. The van der Waals surface area contributed by atoms with Crippen molar-refractivity contribution < 1.29 is 9.18 Å². The van der Waals surface area contributed by atoms with Gasteiger partial charge in [0.15, 0.2) is 11.5 Å². The van der Waals surface area contributed by atoms with Gasteiger partial charge in [-0.25, -0.2) is 13.9 Å². The molecule has 0 spiro atoms. The van der Waals surface area contributed by atoms with Gasteiger partial charge in [0, 0.05) is 31.8 Å². The van der Waals surface area contributed by atoms with Crippen molar-refractivity contribution in [3.63, 3.8) is 0 Å². The summed E-state index contributed by atoms with van der Waals surface area (Å²) in [5.41, 5.74) is 2.51. The standard InChI is InChI=1S/C21H24FN5O/c1-25(2)20(28)14-26-10-8-15(9-11-26)21-23-19-7-6-17(13-27(19)24-21)16-4-3-5-18(22)12-16/h3-7,12-13,15H,8-11,14H2,1-2H3. The molecule has 7 heteroatoms. The van der Waals surface area contributed by atoms with E-state index < -0.39 is 0 Å². The highest BCUT2D eigenvalue weighted by atomic mass is 19.1. The van der Waals surface area contributed by atoms with Crippen LogP contribution in [0.3, 0.4) is 0 Å². The Morgan fingerprint density at radius 2 is 1.96 bits per heavy atom. The highest BCUT2D eigenvalue weighted by Gasteiger charge is 2.25. The van der Waals surface area contributed by atoms with Gasteiger partial charge in [0.25, 0.3) is 0 Å². The van der Waals surface area contributed by atoms with Gasteiger partial charge >= 0.3 is 0 Å². The molecule has 1 aliphatic rings. The highest BCUT2D eigenvalue weighted by molar-refractivity contribution is 5.77. The van der Waals surface area contributed by atoms with Crippen LogP contribution in [0.5, 0.6) is 0 Å². The van der Waals surface area contributed by atoms with Gasteiger partial charge < -0.3 is 4.90 Å². The lowest BCUT2D eigenvalue weighted by Gasteiger charge is -2.30. The topological polar surface area (TPSA) is 53.7 Å². The SMILES string of the molecule is CN(C)C(=O)CN1CCC(c2nc3ccc(-c4cccc(F)c4)cn3n2)CC1. The third kappa shape index (κ3) is 3.89. The van der Waals surface area contributed by atoms with Gasteiger partial charge in [-0.1, -0.05) is 12.1 Å². The molecule has 3 heterocycles. The molecular formula is C21H24FN5O. The first-order valence-electron chi connectivity index (χ1n) is 9.54. The third-order valence-electron chi connectivity index (χ3n) is 5.32. The second-order valence-corrected chi connectivity index (χ2v) is 7.54. The lowest BCUT2D eigenvalue weighted by atomic mass is 9.96. The fourth-order valence-corrected chi connectivity index (χ4v) is 3.59. The number of nitrogens with zero attached hydrogens (tertiary/aromatic N) is 5. The minimum absolute atomic E-state index is 0.134. The van der Waals surface area contributed by atoms with Crippen molar-refractivity contribution in [1.29, 1.82) is 0 Å². The number of rotatable bonds is 4. The van der Waals surface area contributed by atoms with Gasteiger partial charge in [-0.05, 0) is 55.8 Å². The minimum Gasteiger partial charge on any atom is -0.348 e. The van der Waals surface area contributed by atoms with Crippen LogP contribution in [0.4, 0.5) is 4.39 Å². The number of carbonyl (C=O) groups is 1. The zero-order valence-corrected chi connectivity index (χ0v) is 16.2. The van der Waals surface area contributed by atoms with Crippen LogP contribution in [-0.4, -0.2) is 64.0 Å². The van der Waals surface area contributed by atoms with Crippen LogP contribution in [0.25, 0.3) is 16.8 Å². The molecule has 0 unspecified atom stereocenters. The summed E-state index contributed by atoms with van der Waals surface area (Å²) in [6, 6.07) is 10.4. The van der Waals surface area contributed by atoms with Gasteiger partial charge in [-0.3, -0.25) is 9.69 Å². The Kier molecular flexibility index (Phi) is 5.09. The number of pyridine rings is 1. The van der Waals surface area contributed by atoms with Crippen LogP contribution in [-0.2, 0) is 4.79 Å². The predicted octanol–water partition coefficient (Wildman–Crippen LogP) is 2.80. The fourth-order valence-electron chi connectivity index (χ4n) is 3.59. The summed E-state index contributed by atoms with van der Waals surface area (Å²) in [6.45, 7) is 2.21. The number of amides is 1. The molecule has 0 saturated carbocycles. The number of halogens is 1. The van der Waals surface area contributed by atoms with Crippen molar-refractivity contribution >= 4 is 11.6 Å². The predicted molar refractivity (Wildman–Crippen MR) is 105 cm³/mol. The molecule has 0 atom stereocenters. The molecule has 1 aromatic carbocycles. The largest absolute Gasteiger partial charge is 0.348 e. The highest BCUT2D eigenvalue weighted by Crippen LogP contribution is 2.27. The first kappa shape index (κ1) is 18.6. The average molecular weight is 381 g/mol.